The molecule has 0 unspecified atom stereocenters. The maximum Gasteiger partial charge on any atom is 0.217 e. The number of thiophene rings is 1. The van der Waals surface area contributed by atoms with E-state index in [0.29, 0.717) is 28.0 Å². The van der Waals surface area contributed by atoms with Crippen LogP contribution < -0.4 is 15.4 Å². The number of hydrogen-bond donors (Lipinski definition) is 2. The van der Waals surface area contributed by atoms with Gasteiger partial charge in [0.1, 0.15) is 23.6 Å². The molecule has 2 aromatic carbocycles. The lowest BCUT2D eigenvalue weighted by atomic mass is 10.3. The monoisotopic (exact) mass is 502 g/mol. The number of carbonyl (C=O) groups is 1. The summed E-state index contributed by atoms with van der Waals surface area (Å²) >= 11 is 7.81. The van der Waals surface area contributed by atoms with E-state index in [1.54, 1.807) is 30.3 Å². The van der Waals surface area contributed by atoms with Gasteiger partial charge >= 0.3 is 0 Å². The standard InChI is InChI=1S/C23H16ClFN4O2S.ClH/c1-14(30)26-9-3-6-18-12-20-22(32-18)23(28-13-27-20)29-16-7-8-21(19(24)11-16)31-17-5-2-4-15(25)10-17;/h2,4-5,7-8,10-13H,9H2,1H3,(H,26,30)(H,27,28,29);1H. The van der Waals surface area contributed by atoms with Gasteiger partial charge in [-0.3, -0.25) is 4.79 Å². The number of anilines is 2. The second-order valence-corrected chi connectivity index (χ2v) is 8.05. The highest BCUT2D eigenvalue weighted by Gasteiger charge is 2.10. The van der Waals surface area contributed by atoms with Gasteiger partial charge in [-0.15, -0.1) is 23.7 Å². The number of halogens is 3. The molecule has 6 nitrogen and oxygen atoms in total. The molecule has 0 fully saturated rings. The van der Waals surface area contributed by atoms with Crippen molar-refractivity contribution in [1.82, 2.24) is 15.3 Å². The summed E-state index contributed by atoms with van der Waals surface area (Å²) in [4.78, 5) is 20.4. The van der Waals surface area contributed by atoms with Crippen LogP contribution in [-0.2, 0) is 4.79 Å². The van der Waals surface area contributed by atoms with Gasteiger partial charge in [0.25, 0.3) is 0 Å². The first kappa shape index (κ1) is 24.3. The number of rotatable bonds is 5. The first-order valence-electron chi connectivity index (χ1n) is 9.46. The minimum Gasteiger partial charge on any atom is -0.456 e. The molecule has 33 heavy (non-hydrogen) atoms. The fourth-order valence-corrected chi connectivity index (χ4v) is 3.91. The van der Waals surface area contributed by atoms with Crippen molar-refractivity contribution in [3.05, 3.63) is 70.6 Å². The Morgan fingerprint density at radius 3 is 2.82 bits per heavy atom. The van der Waals surface area contributed by atoms with Crippen LogP contribution in [0.4, 0.5) is 15.9 Å². The Bertz CT molecular complexity index is 1370. The minimum atomic E-state index is -0.389. The molecule has 0 aliphatic rings. The third-order valence-corrected chi connectivity index (χ3v) is 5.51. The summed E-state index contributed by atoms with van der Waals surface area (Å²) in [7, 11) is 0. The van der Waals surface area contributed by atoms with Crippen LogP contribution in [0, 0.1) is 17.7 Å². The van der Waals surface area contributed by atoms with E-state index in [9.17, 15) is 9.18 Å². The van der Waals surface area contributed by atoms with Gasteiger partial charge in [0.15, 0.2) is 5.82 Å². The highest BCUT2D eigenvalue weighted by molar-refractivity contribution is 7.20. The zero-order valence-corrected chi connectivity index (χ0v) is 19.6. The van der Waals surface area contributed by atoms with Gasteiger partial charge in [0.05, 0.1) is 26.7 Å². The number of hydrogen-bond acceptors (Lipinski definition) is 6. The van der Waals surface area contributed by atoms with Crippen LogP contribution in [-0.4, -0.2) is 22.4 Å². The van der Waals surface area contributed by atoms with Gasteiger partial charge in [0.2, 0.25) is 5.91 Å². The Labute approximate surface area is 204 Å². The highest BCUT2D eigenvalue weighted by Crippen LogP contribution is 2.35. The van der Waals surface area contributed by atoms with Crippen molar-refractivity contribution in [1.29, 1.82) is 0 Å². The average Bonchev–Trinajstić information content (AvgIpc) is 3.17. The van der Waals surface area contributed by atoms with Crippen LogP contribution in [0.15, 0.2) is 54.9 Å². The molecule has 2 aromatic heterocycles. The smallest absolute Gasteiger partial charge is 0.217 e. The van der Waals surface area contributed by atoms with Crippen LogP contribution in [0.2, 0.25) is 5.02 Å². The molecule has 0 saturated heterocycles. The van der Waals surface area contributed by atoms with E-state index in [-0.39, 0.29) is 30.7 Å². The Balaban J connectivity index is 0.00000306. The van der Waals surface area contributed by atoms with Crippen molar-refractivity contribution >= 4 is 63.0 Å². The molecule has 1 amide bonds. The van der Waals surface area contributed by atoms with E-state index in [4.69, 9.17) is 16.3 Å². The van der Waals surface area contributed by atoms with Crippen molar-refractivity contribution in [2.24, 2.45) is 0 Å². The van der Waals surface area contributed by atoms with E-state index < -0.39 is 0 Å². The summed E-state index contributed by atoms with van der Waals surface area (Å²) in [6, 6.07) is 12.9. The number of carbonyl (C=O) groups excluding carboxylic acids is 1. The summed E-state index contributed by atoms with van der Waals surface area (Å²) < 4.78 is 19.9. The van der Waals surface area contributed by atoms with Gasteiger partial charge in [-0.2, -0.15) is 0 Å². The van der Waals surface area contributed by atoms with Gasteiger partial charge in [-0.25, -0.2) is 14.4 Å². The number of fused-ring (bicyclic) bond motifs is 1. The summed E-state index contributed by atoms with van der Waals surface area (Å²) in [6.45, 7) is 1.73. The summed E-state index contributed by atoms with van der Waals surface area (Å²) in [5.74, 6) is 6.79. The van der Waals surface area contributed by atoms with E-state index in [2.05, 4.69) is 32.4 Å². The van der Waals surface area contributed by atoms with Gasteiger partial charge < -0.3 is 15.4 Å². The lowest BCUT2D eigenvalue weighted by Crippen LogP contribution is -2.19. The molecule has 0 aliphatic heterocycles. The Morgan fingerprint density at radius 1 is 1.21 bits per heavy atom. The number of nitrogens with zero attached hydrogens (tertiary/aromatic N) is 2. The number of ether oxygens (including phenoxy) is 1. The average molecular weight is 503 g/mol. The summed E-state index contributed by atoms with van der Waals surface area (Å²) in [6.07, 6.45) is 1.47. The van der Waals surface area contributed by atoms with E-state index in [1.807, 2.05) is 6.07 Å². The number of amides is 1. The molecule has 2 heterocycles. The molecule has 4 rings (SSSR count). The van der Waals surface area contributed by atoms with Crippen LogP contribution in [0.25, 0.3) is 10.2 Å². The number of aromatic nitrogens is 2. The van der Waals surface area contributed by atoms with Crippen molar-refractivity contribution in [2.45, 2.75) is 6.92 Å². The van der Waals surface area contributed by atoms with Crippen molar-refractivity contribution in [3.63, 3.8) is 0 Å². The molecule has 0 atom stereocenters. The summed E-state index contributed by atoms with van der Waals surface area (Å²) in [5.41, 5.74) is 1.46. The topological polar surface area (TPSA) is 76.1 Å². The van der Waals surface area contributed by atoms with Gasteiger partial charge in [-0.05, 0) is 36.4 Å². The Hall–Kier alpha value is -3.38. The molecular weight excluding hydrogens is 486 g/mol. The van der Waals surface area contributed by atoms with Crippen molar-refractivity contribution in [3.8, 4) is 23.3 Å². The normalized spacial score (nSPS) is 10.0. The molecule has 2 N–H and O–H groups in total. The van der Waals surface area contributed by atoms with Crippen LogP contribution in [0.1, 0.15) is 11.8 Å². The summed E-state index contributed by atoms with van der Waals surface area (Å²) in [5, 5.41) is 6.23. The zero-order valence-electron chi connectivity index (χ0n) is 17.2. The Morgan fingerprint density at radius 2 is 2.06 bits per heavy atom. The maximum atomic E-state index is 13.4. The number of nitrogens with one attached hydrogen (secondary N) is 2. The third kappa shape index (κ3) is 6.33. The van der Waals surface area contributed by atoms with Crippen LogP contribution in [0.3, 0.4) is 0 Å². The van der Waals surface area contributed by atoms with Gasteiger partial charge in [0, 0.05) is 18.7 Å². The van der Waals surface area contributed by atoms with E-state index in [1.165, 1.54) is 36.7 Å². The molecule has 4 aromatic rings. The number of benzene rings is 2. The van der Waals surface area contributed by atoms with Crippen molar-refractivity contribution in [2.75, 3.05) is 11.9 Å². The molecule has 10 heteroatoms. The van der Waals surface area contributed by atoms with Crippen molar-refractivity contribution < 1.29 is 13.9 Å². The first-order chi connectivity index (χ1) is 15.5. The predicted molar refractivity (Wildman–Crippen MR) is 131 cm³/mol. The van der Waals surface area contributed by atoms with Crippen LogP contribution in [0.5, 0.6) is 11.5 Å². The fraction of sp³-hybridized carbons (Fsp3) is 0.0870. The molecule has 0 bridgehead atoms. The molecule has 168 valence electrons. The van der Waals surface area contributed by atoms with Crippen LogP contribution >= 0.6 is 35.3 Å². The molecule has 0 radical (unpaired) electrons. The zero-order chi connectivity index (χ0) is 22.5. The predicted octanol–water partition coefficient (Wildman–Crippen LogP) is 5.93. The highest BCUT2D eigenvalue weighted by atomic mass is 35.5. The fourth-order valence-electron chi connectivity index (χ4n) is 2.76. The largest absolute Gasteiger partial charge is 0.456 e. The van der Waals surface area contributed by atoms with E-state index >= 15 is 0 Å². The second-order valence-electron chi connectivity index (χ2n) is 6.59. The SMILES string of the molecule is CC(=O)NCC#Cc1cc2ncnc(Nc3ccc(Oc4cccc(F)c4)c(Cl)c3)c2s1.Cl. The molecule has 0 saturated carbocycles. The lowest BCUT2D eigenvalue weighted by molar-refractivity contribution is -0.118. The molecule has 0 aliphatic carbocycles. The second kappa shape index (κ2) is 11.0. The lowest BCUT2D eigenvalue weighted by Gasteiger charge is -2.11. The quantitative estimate of drug-likeness (QED) is 0.330. The van der Waals surface area contributed by atoms with Gasteiger partial charge in [-0.1, -0.05) is 29.5 Å². The third-order valence-electron chi connectivity index (χ3n) is 4.17. The first-order valence-corrected chi connectivity index (χ1v) is 10.7. The molecular formula is C23H17Cl2FN4O2S. The maximum absolute atomic E-state index is 13.4. The minimum absolute atomic E-state index is 0. The van der Waals surface area contributed by atoms with E-state index in [0.717, 1.165) is 15.1 Å². The Kier molecular flexibility index (Phi) is 8.06. The molecule has 0 spiro atoms.